The fourth-order valence-electron chi connectivity index (χ4n) is 3.61. The number of carboxylic acids is 2. The van der Waals surface area contributed by atoms with Crippen LogP contribution in [-0.2, 0) is 9.59 Å². The number of likely N-dealkylation sites (tertiary alicyclic amines) is 1. The quantitative estimate of drug-likeness (QED) is 0.705. The Bertz CT molecular complexity index is 698. The highest BCUT2D eigenvalue weighted by Crippen LogP contribution is 2.23. The number of likely N-dealkylation sites (N-methyl/N-ethyl adjacent to an activating group) is 1. The third kappa shape index (κ3) is 6.43. The van der Waals surface area contributed by atoms with Gasteiger partial charge in [-0.2, -0.15) is 0 Å². The van der Waals surface area contributed by atoms with Gasteiger partial charge >= 0.3 is 11.9 Å². The molecule has 0 bridgehead atoms. The fourth-order valence-corrected chi connectivity index (χ4v) is 3.61. The molecule has 2 saturated heterocycles. The number of hydrogen-bond donors (Lipinski definition) is 2. The van der Waals surface area contributed by atoms with Crippen molar-refractivity contribution < 1.29 is 29.3 Å². The van der Waals surface area contributed by atoms with Crippen LogP contribution in [0.4, 0.5) is 0 Å². The van der Waals surface area contributed by atoms with Crippen LogP contribution in [0.3, 0.4) is 0 Å². The van der Waals surface area contributed by atoms with Crippen LogP contribution in [0.25, 0.3) is 0 Å². The molecule has 1 amide bonds. The molecule has 0 aliphatic carbocycles. The number of nitrogens with zero attached hydrogens (tertiary/aromatic N) is 3. The summed E-state index contributed by atoms with van der Waals surface area (Å²) >= 11 is 0. The number of carbonyl (C=O) groups is 3. The summed E-state index contributed by atoms with van der Waals surface area (Å²) in [6.07, 6.45) is 2.15. The smallest absolute Gasteiger partial charge is 0.414 e. The Kier molecular flexibility index (Phi) is 8.41. The van der Waals surface area contributed by atoms with E-state index in [-0.39, 0.29) is 5.91 Å². The second-order valence-corrected chi connectivity index (χ2v) is 7.17. The minimum absolute atomic E-state index is 0.0966. The molecule has 2 aliphatic heterocycles. The van der Waals surface area contributed by atoms with E-state index in [9.17, 15) is 4.79 Å². The lowest BCUT2D eigenvalue weighted by Gasteiger charge is -2.42. The van der Waals surface area contributed by atoms with Crippen molar-refractivity contribution in [2.75, 3.05) is 53.4 Å². The molecule has 0 aromatic heterocycles. The first-order valence-corrected chi connectivity index (χ1v) is 9.64. The summed E-state index contributed by atoms with van der Waals surface area (Å²) in [5.74, 6) is -2.89. The standard InChI is InChI=1S/C18H27N3O2.C2H2O4/c1-19-11-13-20(14-12-19)15-7-9-21(10-8-15)18(22)16-5-3-4-6-17(16)23-2;3-1(4)2(5)6/h3-6,15H,7-14H2,1-2H3;(H,3,4)(H,5,6). The highest BCUT2D eigenvalue weighted by Gasteiger charge is 2.29. The van der Waals surface area contributed by atoms with Crippen LogP contribution in [0.1, 0.15) is 23.2 Å². The molecule has 29 heavy (non-hydrogen) atoms. The van der Waals surface area contributed by atoms with Crippen molar-refractivity contribution in [3.8, 4) is 5.75 Å². The molecule has 160 valence electrons. The third-order valence-corrected chi connectivity index (χ3v) is 5.33. The van der Waals surface area contributed by atoms with Gasteiger partial charge < -0.3 is 24.7 Å². The van der Waals surface area contributed by atoms with Gasteiger partial charge in [-0.25, -0.2) is 9.59 Å². The molecule has 0 spiro atoms. The number of ether oxygens (including phenoxy) is 1. The van der Waals surface area contributed by atoms with E-state index in [2.05, 4.69) is 16.8 Å². The number of rotatable bonds is 3. The summed E-state index contributed by atoms with van der Waals surface area (Å²) < 4.78 is 5.32. The Labute approximate surface area is 170 Å². The summed E-state index contributed by atoms with van der Waals surface area (Å²) in [6, 6.07) is 8.13. The highest BCUT2D eigenvalue weighted by atomic mass is 16.5. The first-order valence-electron chi connectivity index (χ1n) is 9.64. The monoisotopic (exact) mass is 407 g/mol. The van der Waals surface area contributed by atoms with E-state index in [1.807, 2.05) is 29.2 Å². The number of aliphatic carboxylic acids is 2. The number of hydrogen-bond acceptors (Lipinski definition) is 6. The summed E-state index contributed by atoms with van der Waals surface area (Å²) in [6.45, 7) is 6.30. The molecule has 2 N–H and O–H groups in total. The van der Waals surface area contributed by atoms with E-state index >= 15 is 0 Å². The van der Waals surface area contributed by atoms with Crippen molar-refractivity contribution >= 4 is 17.8 Å². The second kappa shape index (κ2) is 10.8. The third-order valence-electron chi connectivity index (χ3n) is 5.33. The normalized spacial score (nSPS) is 18.5. The molecule has 1 aromatic rings. The van der Waals surface area contributed by atoms with Gasteiger partial charge in [-0.3, -0.25) is 9.69 Å². The molecule has 1 aromatic carbocycles. The number of carboxylic acid groups (broad SMARTS) is 2. The second-order valence-electron chi connectivity index (χ2n) is 7.17. The Morgan fingerprint density at radius 1 is 0.931 bits per heavy atom. The lowest BCUT2D eigenvalue weighted by atomic mass is 10.0. The largest absolute Gasteiger partial charge is 0.496 e. The lowest BCUT2D eigenvalue weighted by Crippen LogP contribution is -2.53. The predicted molar refractivity (Wildman–Crippen MR) is 106 cm³/mol. The molecule has 0 saturated carbocycles. The van der Waals surface area contributed by atoms with Gasteiger partial charge in [0.1, 0.15) is 5.75 Å². The number of benzene rings is 1. The van der Waals surface area contributed by atoms with Crippen LogP contribution < -0.4 is 4.74 Å². The van der Waals surface area contributed by atoms with Gasteiger partial charge in [-0.15, -0.1) is 0 Å². The molecule has 0 unspecified atom stereocenters. The van der Waals surface area contributed by atoms with Crippen LogP contribution in [0.2, 0.25) is 0 Å². The maximum Gasteiger partial charge on any atom is 0.414 e. The molecule has 0 atom stereocenters. The first kappa shape index (κ1) is 22.6. The van der Waals surface area contributed by atoms with Crippen molar-refractivity contribution in [2.45, 2.75) is 18.9 Å². The van der Waals surface area contributed by atoms with Crippen molar-refractivity contribution in [3.05, 3.63) is 29.8 Å². The van der Waals surface area contributed by atoms with Crippen LogP contribution in [0, 0.1) is 0 Å². The molecule has 9 nitrogen and oxygen atoms in total. The van der Waals surface area contributed by atoms with Gasteiger partial charge in [0.2, 0.25) is 0 Å². The number of para-hydroxylation sites is 1. The van der Waals surface area contributed by atoms with E-state index in [1.54, 1.807) is 7.11 Å². The van der Waals surface area contributed by atoms with Crippen molar-refractivity contribution in [1.82, 2.24) is 14.7 Å². The molecule has 3 rings (SSSR count). The molecule has 2 aliphatic rings. The van der Waals surface area contributed by atoms with Crippen molar-refractivity contribution in [2.24, 2.45) is 0 Å². The Morgan fingerprint density at radius 3 is 2.00 bits per heavy atom. The maximum absolute atomic E-state index is 12.7. The molecular formula is C20H29N3O6. The van der Waals surface area contributed by atoms with Gasteiger partial charge in [0, 0.05) is 45.3 Å². The van der Waals surface area contributed by atoms with Crippen LogP contribution in [0.5, 0.6) is 5.75 Å². The van der Waals surface area contributed by atoms with E-state index < -0.39 is 11.9 Å². The average molecular weight is 407 g/mol. The van der Waals surface area contributed by atoms with Gasteiger partial charge in [-0.1, -0.05) is 12.1 Å². The van der Waals surface area contributed by atoms with Gasteiger partial charge in [0.05, 0.1) is 12.7 Å². The topological polar surface area (TPSA) is 111 Å². The summed E-state index contributed by atoms with van der Waals surface area (Å²) in [7, 11) is 3.80. The molecular weight excluding hydrogens is 378 g/mol. The molecule has 2 heterocycles. The molecule has 0 radical (unpaired) electrons. The van der Waals surface area contributed by atoms with Crippen LogP contribution in [0.15, 0.2) is 24.3 Å². The fraction of sp³-hybridized carbons (Fsp3) is 0.550. The van der Waals surface area contributed by atoms with Gasteiger partial charge in [-0.05, 0) is 32.0 Å². The number of amides is 1. The SMILES string of the molecule is COc1ccccc1C(=O)N1CCC(N2CCN(C)CC2)CC1.O=C(O)C(=O)O. The van der Waals surface area contributed by atoms with Gasteiger partial charge in [0.15, 0.2) is 0 Å². The number of piperidine rings is 1. The van der Waals surface area contributed by atoms with E-state index in [1.165, 1.54) is 0 Å². The minimum Gasteiger partial charge on any atom is -0.496 e. The van der Waals surface area contributed by atoms with Crippen molar-refractivity contribution in [1.29, 1.82) is 0 Å². The number of carbonyl (C=O) groups excluding carboxylic acids is 1. The van der Waals surface area contributed by atoms with Crippen LogP contribution >= 0.6 is 0 Å². The number of methoxy groups -OCH3 is 1. The number of piperazine rings is 1. The van der Waals surface area contributed by atoms with E-state index in [0.717, 1.165) is 52.1 Å². The van der Waals surface area contributed by atoms with E-state index in [0.29, 0.717) is 17.4 Å². The van der Waals surface area contributed by atoms with Gasteiger partial charge in [0.25, 0.3) is 5.91 Å². The Hall–Kier alpha value is -2.65. The zero-order chi connectivity index (χ0) is 21.4. The Morgan fingerprint density at radius 2 is 1.48 bits per heavy atom. The predicted octanol–water partition coefficient (Wildman–Crippen LogP) is 0.703. The molecule has 9 heteroatoms. The average Bonchev–Trinajstić information content (AvgIpc) is 2.74. The van der Waals surface area contributed by atoms with Crippen molar-refractivity contribution in [3.63, 3.8) is 0 Å². The minimum atomic E-state index is -1.82. The molecule has 2 fully saturated rings. The highest BCUT2D eigenvalue weighted by molar-refractivity contribution is 6.27. The lowest BCUT2D eigenvalue weighted by molar-refractivity contribution is -0.159. The summed E-state index contributed by atoms with van der Waals surface area (Å²) in [5.41, 5.74) is 0.674. The van der Waals surface area contributed by atoms with Crippen LogP contribution in [-0.4, -0.2) is 102 Å². The zero-order valence-electron chi connectivity index (χ0n) is 16.9. The zero-order valence-corrected chi connectivity index (χ0v) is 16.9. The summed E-state index contributed by atoms with van der Waals surface area (Å²) in [5, 5.41) is 14.8. The van der Waals surface area contributed by atoms with E-state index in [4.69, 9.17) is 24.5 Å². The Balaban J connectivity index is 0.000000438. The first-order chi connectivity index (χ1) is 13.8. The maximum atomic E-state index is 12.7. The summed E-state index contributed by atoms with van der Waals surface area (Å²) in [4.78, 5) is 37.9.